The SMILES string of the molecule is C=NC(=NC(C)CCN(C)C(=O)N(C)C)C(C)=C(N)/C=C(\C)ONCC. The van der Waals surface area contributed by atoms with Gasteiger partial charge < -0.3 is 20.4 Å². The lowest BCUT2D eigenvalue weighted by molar-refractivity contribution is 0.111. The van der Waals surface area contributed by atoms with Crippen LogP contribution in [0.15, 0.2) is 33.1 Å². The number of nitrogens with zero attached hydrogens (tertiary/aromatic N) is 4. The minimum absolute atomic E-state index is 0.0289. The fourth-order valence-corrected chi connectivity index (χ4v) is 2.02. The van der Waals surface area contributed by atoms with Crippen LogP contribution in [0.25, 0.3) is 0 Å². The molecule has 1 atom stereocenters. The summed E-state index contributed by atoms with van der Waals surface area (Å²) in [7, 11) is 5.23. The highest BCUT2D eigenvalue weighted by molar-refractivity contribution is 6.01. The summed E-state index contributed by atoms with van der Waals surface area (Å²) >= 11 is 0. The summed E-state index contributed by atoms with van der Waals surface area (Å²) in [6, 6.07) is -0.0661. The third kappa shape index (κ3) is 8.66. The van der Waals surface area contributed by atoms with Gasteiger partial charge in [0.25, 0.3) is 0 Å². The van der Waals surface area contributed by atoms with Crippen LogP contribution in [0.4, 0.5) is 4.79 Å². The highest BCUT2D eigenvalue weighted by atomic mass is 16.6. The van der Waals surface area contributed by atoms with Crippen molar-refractivity contribution in [1.29, 1.82) is 0 Å². The van der Waals surface area contributed by atoms with Gasteiger partial charge in [-0.2, -0.15) is 5.48 Å². The van der Waals surface area contributed by atoms with Crippen molar-refractivity contribution < 1.29 is 9.63 Å². The molecule has 1 unspecified atom stereocenters. The van der Waals surface area contributed by atoms with E-state index in [9.17, 15) is 4.79 Å². The van der Waals surface area contributed by atoms with Gasteiger partial charge in [-0.15, -0.1) is 0 Å². The van der Waals surface area contributed by atoms with E-state index >= 15 is 0 Å². The predicted molar refractivity (Wildman–Crippen MR) is 108 cm³/mol. The highest BCUT2D eigenvalue weighted by Gasteiger charge is 2.12. The number of rotatable bonds is 9. The van der Waals surface area contributed by atoms with Crippen LogP contribution in [0.1, 0.15) is 34.1 Å². The van der Waals surface area contributed by atoms with E-state index in [2.05, 4.69) is 22.2 Å². The number of amidine groups is 1. The van der Waals surface area contributed by atoms with Crippen LogP contribution in [0.2, 0.25) is 0 Å². The number of nitrogens with one attached hydrogen (secondary N) is 1. The molecule has 0 saturated heterocycles. The summed E-state index contributed by atoms with van der Waals surface area (Å²) in [5.41, 5.74) is 10.1. The Balaban J connectivity index is 5.04. The van der Waals surface area contributed by atoms with Crippen LogP contribution in [0.3, 0.4) is 0 Å². The predicted octanol–water partition coefficient (Wildman–Crippen LogP) is 2.16. The van der Waals surface area contributed by atoms with Crippen LogP contribution in [-0.2, 0) is 4.84 Å². The monoisotopic (exact) mass is 366 g/mol. The largest absolute Gasteiger partial charge is 0.413 e. The van der Waals surface area contributed by atoms with Gasteiger partial charge in [-0.25, -0.2) is 9.79 Å². The Morgan fingerprint density at radius 3 is 2.46 bits per heavy atom. The third-order valence-electron chi connectivity index (χ3n) is 3.59. The van der Waals surface area contributed by atoms with Gasteiger partial charge in [0.1, 0.15) is 5.76 Å². The fourth-order valence-electron chi connectivity index (χ4n) is 2.02. The number of amides is 2. The van der Waals surface area contributed by atoms with Crippen molar-refractivity contribution in [3.05, 3.63) is 23.1 Å². The van der Waals surface area contributed by atoms with Crippen LogP contribution in [0.5, 0.6) is 0 Å². The molecular weight excluding hydrogens is 332 g/mol. The standard InChI is InChI=1S/C18H34N6O2/c1-9-21-26-14(3)12-16(19)15(4)17(20-5)22-13(2)10-11-24(8)18(25)23(6)7/h12-13,21H,5,9-11,19H2,1-4,6-8H3/b14-12+,16-15?,22-17?. The molecule has 0 spiro atoms. The number of carbonyl (C=O) groups excluding carboxylic acids is 1. The Bertz CT molecular complexity index is 566. The Morgan fingerprint density at radius 2 is 1.96 bits per heavy atom. The van der Waals surface area contributed by atoms with E-state index < -0.39 is 0 Å². The van der Waals surface area contributed by atoms with E-state index in [-0.39, 0.29) is 12.1 Å². The lowest BCUT2D eigenvalue weighted by Crippen LogP contribution is -2.37. The van der Waals surface area contributed by atoms with Crippen molar-refractivity contribution in [1.82, 2.24) is 15.3 Å². The quantitative estimate of drug-likeness (QED) is 0.215. The van der Waals surface area contributed by atoms with E-state index in [1.165, 1.54) is 0 Å². The van der Waals surface area contributed by atoms with E-state index in [0.29, 0.717) is 36.8 Å². The molecule has 0 bridgehead atoms. The maximum absolute atomic E-state index is 11.8. The average molecular weight is 367 g/mol. The van der Waals surface area contributed by atoms with Crippen LogP contribution in [-0.4, -0.2) is 68.7 Å². The van der Waals surface area contributed by atoms with Crippen molar-refractivity contribution in [2.24, 2.45) is 15.7 Å². The molecule has 0 aliphatic heterocycles. The first-order valence-electron chi connectivity index (χ1n) is 8.65. The molecule has 0 aromatic heterocycles. The minimum Gasteiger partial charge on any atom is -0.413 e. The number of hydrogen-bond donors (Lipinski definition) is 2. The summed E-state index contributed by atoms with van der Waals surface area (Å²) in [6.07, 6.45) is 2.42. The molecule has 0 aromatic rings. The van der Waals surface area contributed by atoms with Gasteiger partial charge in [0.05, 0.1) is 6.04 Å². The molecule has 2 amide bonds. The molecular formula is C18H34N6O2. The van der Waals surface area contributed by atoms with Crippen LogP contribution in [0, 0.1) is 0 Å². The molecule has 148 valence electrons. The van der Waals surface area contributed by atoms with E-state index in [1.54, 1.807) is 43.9 Å². The second-order valence-corrected chi connectivity index (χ2v) is 6.28. The zero-order chi connectivity index (χ0) is 20.3. The van der Waals surface area contributed by atoms with Gasteiger partial charge >= 0.3 is 6.03 Å². The zero-order valence-electron chi connectivity index (χ0n) is 17.2. The van der Waals surface area contributed by atoms with Gasteiger partial charge in [0, 0.05) is 51.6 Å². The van der Waals surface area contributed by atoms with Crippen LogP contribution < -0.4 is 11.2 Å². The van der Waals surface area contributed by atoms with Crippen molar-refractivity contribution in [3.63, 3.8) is 0 Å². The van der Waals surface area contributed by atoms with Gasteiger partial charge in [-0.3, -0.25) is 4.99 Å². The Kier molecular flexibility index (Phi) is 11.0. The Hall–Kier alpha value is -2.35. The molecule has 0 saturated carbocycles. The Labute approximate surface area is 157 Å². The lowest BCUT2D eigenvalue weighted by Gasteiger charge is -2.22. The van der Waals surface area contributed by atoms with Crippen molar-refractivity contribution in [3.8, 4) is 0 Å². The summed E-state index contributed by atoms with van der Waals surface area (Å²) in [5, 5.41) is 0. The second kappa shape index (κ2) is 12.1. The summed E-state index contributed by atoms with van der Waals surface area (Å²) in [4.78, 5) is 28.9. The molecule has 0 radical (unpaired) electrons. The normalized spacial score (nSPS) is 14.4. The average Bonchev–Trinajstić information content (AvgIpc) is 2.60. The lowest BCUT2D eigenvalue weighted by atomic mass is 10.2. The zero-order valence-corrected chi connectivity index (χ0v) is 17.2. The van der Waals surface area contributed by atoms with Gasteiger partial charge in [0.2, 0.25) is 0 Å². The number of allylic oxidation sites excluding steroid dienone is 2. The topological polar surface area (TPSA) is 95.6 Å². The summed E-state index contributed by atoms with van der Waals surface area (Å²) in [5.74, 6) is 1.13. The van der Waals surface area contributed by atoms with Gasteiger partial charge in [-0.1, -0.05) is 0 Å². The number of nitrogens with two attached hydrogens (primary N) is 1. The molecule has 8 heteroatoms. The highest BCUT2D eigenvalue weighted by Crippen LogP contribution is 2.10. The molecule has 0 aromatic carbocycles. The molecule has 0 heterocycles. The molecule has 0 aliphatic carbocycles. The molecule has 0 rings (SSSR count). The first-order valence-corrected chi connectivity index (χ1v) is 8.65. The van der Waals surface area contributed by atoms with Crippen molar-refractivity contribution in [2.45, 2.75) is 40.2 Å². The second-order valence-electron chi connectivity index (χ2n) is 6.28. The molecule has 3 N–H and O–H groups in total. The number of aliphatic imine (C=N–C) groups is 2. The van der Waals surface area contributed by atoms with Crippen molar-refractivity contribution in [2.75, 3.05) is 34.2 Å². The summed E-state index contributed by atoms with van der Waals surface area (Å²) < 4.78 is 0. The molecule has 26 heavy (non-hydrogen) atoms. The number of hydrogen-bond acceptors (Lipinski definition) is 5. The first-order chi connectivity index (χ1) is 12.1. The smallest absolute Gasteiger partial charge is 0.319 e. The fraction of sp³-hybridized carbons (Fsp3) is 0.611. The number of hydroxylamine groups is 1. The number of urea groups is 1. The van der Waals surface area contributed by atoms with E-state index in [0.717, 1.165) is 5.57 Å². The summed E-state index contributed by atoms with van der Waals surface area (Å²) in [6.45, 7) is 12.4. The molecule has 8 nitrogen and oxygen atoms in total. The Morgan fingerprint density at radius 1 is 1.35 bits per heavy atom. The molecule has 0 aliphatic rings. The molecule has 0 fully saturated rings. The number of carbonyl (C=O) groups is 1. The van der Waals surface area contributed by atoms with Crippen molar-refractivity contribution >= 4 is 18.6 Å². The minimum atomic E-state index is -0.0372. The van der Waals surface area contributed by atoms with Gasteiger partial charge in [-0.05, 0) is 40.8 Å². The van der Waals surface area contributed by atoms with E-state index in [1.807, 2.05) is 20.8 Å². The van der Waals surface area contributed by atoms with E-state index in [4.69, 9.17) is 10.6 Å². The maximum atomic E-state index is 11.8. The van der Waals surface area contributed by atoms with Crippen LogP contribution >= 0.6 is 0 Å². The van der Waals surface area contributed by atoms with Gasteiger partial charge in [0.15, 0.2) is 5.84 Å². The first kappa shape index (κ1) is 23.6. The maximum Gasteiger partial charge on any atom is 0.319 e. The third-order valence-corrected chi connectivity index (χ3v) is 3.59.